The second-order valence-corrected chi connectivity index (χ2v) is 5.78. The molecule has 1 amide bonds. The molecule has 2 aromatic rings. The number of aromatic amines is 1. The Kier molecular flexibility index (Phi) is 4.10. The number of nitrogens with zero attached hydrogens (tertiary/aromatic N) is 3. The number of piperidine rings is 1. The molecule has 3 rings (SSSR count). The van der Waals surface area contributed by atoms with Gasteiger partial charge in [-0.1, -0.05) is 30.3 Å². The van der Waals surface area contributed by atoms with Crippen molar-refractivity contribution in [1.29, 1.82) is 0 Å². The van der Waals surface area contributed by atoms with Gasteiger partial charge in [0.05, 0.1) is 4.92 Å². The number of hydrogen-bond acceptors (Lipinski definition) is 4. The van der Waals surface area contributed by atoms with Crippen LogP contribution in [0.15, 0.2) is 30.3 Å². The number of aromatic nitrogens is 2. The van der Waals surface area contributed by atoms with E-state index in [9.17, 15) is 14.9 Å². The van der Waals surface area contributed by atoms with Crippen molar-refractivity contribution >= 4 is 11.6 Å². The smallest absolute Gasteiger partial charge is 0.322 e. The average molecular weight is 314 g/mol. The molecule has 0 saturated carbocycles. The first kappa shape index (κ1) is 15.2. The third-order valence-electron chi connectivity index (χ3n) is 4.35. The van der Waals surface area contributed by atoms with Crippen molar-refractivity contribution in [1.82, 2.24) is 15.1 Å². The summed E-state index contributed by atoms with van der Waals surface area (Å²) in [5.74, 6) is 0.0590. The summed E-state index contributed by atoms with van der Waals surface area (Å²) in [4.78, 5) is 24.7. The summed E-state index contributed by atoms with van der Waals surface area (Å²) in [6, 6.07) is 10.2. The summed E-state index contributed by atoms with van der Waals surface area (Å²) < 4.78 is 0. The van der Waals surface area contributed by atoms with Crippen LogP contribution in [0.4, 0.5) is 5.69 Å². The van der Waals surface area contributed by atoms with E-state index in [1.807, 2.05) is 18.2 Å². The van der Waals surface area contributed by atoms with E-state index in [2.05, 4.69) is 22.3 Å². The number of likely N-dealkylation sites (tertiary alicyclic amines) is 1. The molecule has 0 unspecified atom stereocenters. The van der Waals surface area contributed by atoms with Gasteiger partial charge in [-0.05, 0) is 31.2 Å². The van der Waals surface area contributed by atoms with Crippen LogP contribution in [-0.2, 0) is 0 Å². The fourth-order valence-corrected chi connectivity index (χ4v) is 3.09. The molecule has 2 heterocycles. The molecule has 1 saturated heterocycles. The molecule has 0 aliphatic carbocycles. The Morgan fingerprint density at radius 2 is 1.96 bits per heavy atom. The second kappa shape index (κ2) is 6.20. The Morgan fingerprint density at radius 1 is 1.30 bits per heavy atom. The minimum absolute atomic E-state index is 0.0920. The standard InChI is InChI=1S/C16H18N4O3/c1-11-15(20(22)23)14(18-17-11)16(21)19-9-7-13(8-10-19)12-5-3-2-4-6-12/h2-6,13H,7-10H2,1H3,(H,17,18). The van der Waals surface area contributed by atoms with Crippen molar-refractivity contribution in [2.24, 2.45) is 0 Å². The van der Waals surface area contributed by atoms with E-state index in [4.69, 9.17) is 0 Å². The van der Waals surface area contributed by atoms with E-state index in [-0.39, 0.29) is 17.3 Å². The highest BCUT2D eigenvalue weighted by atomic mass is 16.6. The van der Waals surface area contributed by atoms with Crippen LogP contribution >= 0.6 is 0 Å². The topological polar surface area (TPSA) is 92.1 Å². The molecule has 1 aromatic heterocycles. The van der Waals surface area contributed by atoms with Crippen LogP contribution in [0.2, 0.25) is 0 Å². The maximum atomic E-state index is 12.5. The number of nitro groups is 1. The molecule has 1 fully saturated rings. The van der Waals surface area contributed by atoms with Crippen LogP contribution < -0.4 is 0 Å². The first-order chi connectivity index (χ1) is 11.1. The van der Waals surface area contributed by atoms with E-state index >= 15 is 0 Å². The van der Waals surface area contributed by atoms with Gasteiger partial charge in [-0.25, -0.2) is 0 Å². The maximum Gasteiger partial charge on any atom is 0.322 e. The van der Waals surface area contributed by atoms with Crippen molar-refractivity contribution in [3.63, 3.8) is 0 Å². The highest BCUT2D eigenvalue weighted by Crippen LogP contribution is 2.29. The van der Waals surface area contributed by atoms with Crippen LogP contribution in [-0.4, -0.2) is 39.0 Å². The number of carbonyl (C=O) groups is 1. The van der Waals surface area contributed by atoms with E-state index in [1.165, 1.54) is 5.56 Å². The fourth-order valence-electron chi connectivity index (χ4n) is 3.09. The van der Waals surface area contributed by atoms with Gasteiger partial charge in [0.25, 0.3) is 5.91 Å². The minimum Gasteiger partial charge on any atom is -0.337 e. The molecule has 0 atom stereocenters. The average Bonchev–Trinajstić information content (AvgIpc) is 2.97. The van der Waals surface area contributed by atoms with Gasteiger partial charge < -0.3 is 4.90 Å². The highest BCUT2D eigenvalue weighted by Gasteiger charge is 2.32. The third kappa shape index (κ3) is 2.94. The van der Waals surface area contributed by atoms with Crippen LogP contribution in [0.3, 0.4) is 0 Å². The highest BCUT2D eigenvalue weighted by molar-refractivity contribution is 5.96. The van der Waals surface area contributed by atoms with Gasteiger partial charge in [-0.15, -0.1) is 0 Å². The van der Waals surface area contributed by atoms with E-state index < -0.39 is 4.92 Å². The molecule has 120 valence electrons. The maximum absolute atomic E-state index is 12.5. The lowest BCUT2D eigenvalue weighted by atomic mass is 9.89. The Balaban J connectivity index is 1.71. The predicted molar refractivity (Wildman–Crippen MR) is 84.3 cm³/mol. The number of carbonyl (C=O) groups excluding carboxylic acids is 1. The van der Waals surface area contributed by atoms with Gasteiger partial charge in [-0.2, -0.15) is 5.10 Å². The van der Waals surface area contributed by atoms with Gasteiger partial charge >= 0.3 is 5.69 Å². The van der Waals surface area contributed by atoms with E-state index in [0.717, 1.165) is 12.8 Å². The summed E-state index contributed by atoms with van der Waals surface area (Å²) in [7, 11) is 0. The molecule has 1 aliphatic heterocycles. The van der Waals surface area contributed by atoms with E-state index in [1.54, 1.807) is 11.8 Å². The molecule has 23 heavy (non-hydrogen) atoms. The van der Waals surface area contributed by atoms with Crippen molar-refractivity contribution < 1.29 is 9.72 Å². The number of aryl methyl sites for hydroxylation is 1. The van der Waals surface area contributed by atoms with Gasteiger partial charge in [0.15, 0.2) is 0 Å². The quantitative estimate of drug-likeness (QED) is 0.696. The van der Waals surface area contributed by atoms with Gasteiger partial charge in [-0.3, -0.25) is 20.0 Å². The molecule has 0 spiro atoms. The lowest BCUT2D eigenvalue weighted by Crippen LogP contribution is -2.38. The molecule has 7 heteroatoms. The largest absolute Gasteiger partial charge is 0.337 e. The molecule has 7 nitrogen and oxygen atoms in total. The number of H-pyrrole nitrogens is 1. The molecule has 0 radical (unpaired) electrons. The van der Waals surface area contributed by atoms with Crippen LogP contribution in [0, 0.1) is 17.0 Å². The summed E-state index contributed by atoms with van der Waals surface area (Å²) in [6.45, 7) is 2.71. The van der Waals surface area contributed by atoms with Crippen LogP contribution in [0.25, 0.3) is 0 Å². The summed E-state index contributed by atoms with van der Waals surface area (Å²) >= 11 is 0. The molecule has 1 N–H and O–H groups in total. The van der Waals surface area contributed by atoms with Gasteiger partial charge in [0.2, 0.25) is 5.69 Å². The molecule has 1 aromatic carbocycles. The molecule has 0 bridgehead atoms. The van der Waals surface area contributed by atoms with Crippen molar-refractivity contribution in [3.05, 3.63) is 57.4 Å². The lowest BCUT2D eigenvalue weighted by Gasteiger charge is -2.31. The predicted octanol–water partition coefficient (Wildman–Crippen LogP) is 2.65. The van der Waals surface area contributed by atoms with Crippen LogP contribution in [0.5, 0.6) is 0 Å². The SMILES string of the molecule is Cc1[nH]nc(C(=O)N2CCC(c3ccccc3)CC2)c1[N+](=O)[O-]. The lowest BCUT2D eigenvalue weighted by molar-refractivity contribution is -0.385. The second-order valence-electron chi connectivity index (χ2n) is 5.78. The Hall–Kier alpha value is -2.70. The first-order valence-electron chi connectivity index (χ1n) is 7.61. The zero-order chi connectivity index (χ0) is 16.4. The zero-order valence-corrected chi connectivity index (χ0v) is 12.9. The van der Waals surface area contributed by atoms with Gasteiger partial charge in [0.1, 0.15) is 5.69 Å². The third-order valence-corrected chi connectivity index (χ3v) is 4.35. The summed E-state index contributed by atoms with van der Waals surface area (Å²) in [5.41, 5.74) is 1.27. The van der Waals surface area contributed by atoms with Crippen molar-refractivity contribution in [2.45, 2.75) is 25.7 Å². The zero-order valence-electron chi connectivity index (χ0n) is 12.9. The molecule has 1 aliphatic rings. The van der Waals surface area contributed by atoms with E-state index in [0.29, 0.717) is 24.7 Å². The number of rotatable bonds is 3. The summed E-state index contributed by atoms with van der Waals surface area (Å²) in [6.07, 6.45) is 1.71. The van der Waals surface area contributed by atoms with Crippen molar-refractivity contribution in [3.8, 4) is 0 Å². The molecular formula is C16H18N4O3. The number of amides is 1. The van der Waals surface area contributed by atoms with Gasteiger partial charge in [0, 0.05) is 13.1 Å². The number of nitrogens with one attached hydrogen (secondary N) is 1. The Morgan fingerprint density at radius 3 is 2.57 bits per heavy atom. The van der Waals surface area contributed by atoms with Crippen LogP contribution in [0.1, 0.15) is 40.5 Å². The monoisotopic (exact) mass is 314 g/mol. The summed E-state index contributed by atoms with van der Waals surface area (Å²) in [5, 5.41) is 17.5. The Labute approximate surface area is 133 Å². The normalized spacial score (nSPS) is 15.6. The number of benzene rings is 1. The first-order valence-corrected chi connectivity index (χ1v) is 7.61. The molecular weight excluding hydrogens is 296 g/mol. The number of hydrogen-bond donors (Lipinski definition) is 1. The minimum atomic E-state index is -0.553. The van der Waals surface area contributed by atoms with Crippen molar-refractivity contribution in [2.75, 3.05) is 13.1 Å². The fraction of sp³-hybridized carbons (Fsp3) is 0.375. The Bertz CT molecular complexity index is 718.